The number of anilines is 1. The average Bonchev–Trinajstić information content (AvgIpc) is 2.38. The number of rotatable bonds is 6. The van der Waals surface area contributed by atoms with E-state index in [1.54, 1.807) is 40.2 Å². The zero-order chi connectivity index (χ0) is 13.8. The van der Waals surface area contributed by atoms with Crippen molar-refractivity contribution >= 4 is 11.6 Å². The third-order valence-corrected chi connectivity index (χ3v) is 3.17. The van der Waals surface area contributed by atoms with E-state index >= 15 is 0 Å². The highest BCUT2D eigenvalue weighted by atomic mass is 16.5. The van der Waals surface area contributed by atoms with E-state index in [1.807, 2.05) is 12.1 Å². The third kappa shape index (κ3) is 2.92. The van der Waals surface area contributed by atoms with Crippen LogP contribution in [0.2, 0.25) is 0 Å². The summed E-state index contributed by atoms with van der Waals surface area (Å²) < 4.78 is 10.3. The number of methoxy groups -OCH3 is 2. The number of benzene rings is 1. The predicted molar refractivity (Wildman–Crippen MR) is 70.7 cm³/mol. The van der Waals surface area contributed by atoms with Crippen molar-refractivity contribution < 1.29 is 14.3 Å². The number of ether oxygens (including phenoxy) is 2. The summed E-state index contributed by atoms with van der Waals surface area (Å²) in [5.74, 6) is 0.286. The number of hydrogen-bond donors (Lipinski definition) is 2. The van der Waals surface area contributed by atoms with Gasteiger partial charge in [0.1, 0.15) is 11.3 Å². The lowest BCUT2D eigenvalue weighted by Gasteiger charge is -2.33. The number of nitrogens with one attached hydrogen (secondary N) is 1. The van der Waals surface area contributed by atoms with Crippen LogP contribution in [-0.4, -0.2) is 31.8 Å². The fraction of sp³-hybridized carbons (Fsp3) is 0.462. The molecular formula is C13H20N2O3. The molecule has 1 rings (SSSR count). The molecule has 0 fully saturated rings. The predicted octanol–water partition coefficient (Wildman–Crippen LogP) is 1.39. The molecule has 1 aromatic carbocycles. The van der Waals surface area contributed by atoms with Gasteiger partial charge in [-0.15, -0.1) is 0 Å². The summed E-state index contributed by atoms with van der Waals surface area (Å²) in [7, 11) is 3.14. The molecule has 0 saturated carbocycles. The number of hydrogen-bond acceptors (Lipinski definition) is 4. The van der Waals surface area contributed by atoms with Crippen LogP contribution < -0.4 is 15.8 Å². The van der Waals surface area contributed by atoms with Crippen LogP contribution >= 0.6 is 0 Å². The number of carbonyl (C=O) groups is 1. The SMILES string of the molecule is COc1ccc(NC(C)(C(N)=O)C(C)OC)cc1. The van der Waals surface area contributed by atoms with E-state index in [-0.39, 0.29) is 6.10 Å². The Morgan fingerprint density at radius 3 is 2.28 bits per heavy atom. The van der Waals surface area contributed by atoms with Gasteiger partial charge in [-0.05, 0) is 38.1 Å². The largest absolute Gasteiger partial charge is 0.497 e. The maximum absolute atomic E-state index is 11.6. The van der Waals surface area contributed by atoms with E-state index in [0.29, 0.717) is 0 Å². The molecule has 18 heavy (non-hydrogen) atoms. The Bertz CT molecular complexity index is 405. The molecule has 1 amide bonds. The first kappa shape index (κ1) is 14.3. The molecule has 0 heterocycles. The number of primary amides is 1. The monoisotopic (exact) mass is 252 g/mol. The molecule has 100 valence electrons. The van der Waals surface area contributed by atoms with Crippen LogP contribution in [0.1, 0.15) is 13.8 Å². The summed E-state index contributed by atoms with van der Waals surface area (Å²) in [5, 5.41) is 3.10. The van der Waals surface area contributed by atoms with Crippen molar-refractivity contribution in [3.8, 4) is 5.75 Å². The quantitative estimate of drug-likeness (QED) is 0.802. The van der Waals surface area contributed by atoms with Gasteiger partial charge in [-0.25, -0.2) is 0 Å². The first-order chi connectivity index (χ1) is 8.43. The Morgan fingerprint density at radius 1 is 1.33 bits per heavy atom. The maximum atomic E-state index is 11.6. The fourth-order valence-electron chi connectivity index (χ4n) is 1.57. The summed E-state index contributed by atoms with van der Waals surface area (Å²) in [6, 6.07) is 7.26. The first-order valence-corrected chi connectivity index (χ1v) is 5.69. The number of carbonyl (C=O) groups excluding carboxylic acids is 1. The highest BCUT2D eigenvalue weighted by Crippen LogP contribution is 2.22. The van der Waals surface area contributed by atoms with Gasteiger partial charge in [-0.2, -0.15) is 0 Å². The minimum Gasteiger partial charge on any atom is -0.497 e. The Balaban J connectivity index is 2.93. The van der Waals surface area contributed by atoms with Gasteiger partial charge in [0.05, 0.1) is 13.2 Å². The van der Waals surface area contributed by atoms with Crippen LogP contribution in [0.3, 0.4) is 0 Å². The van der Waals surface area contributed by atoms with Gasteiger partial charge >= 0.3 is 0 Å². The summed E-state index contributed by atoms with van der Waals surface area (Å²) in [6.45, 7) is 3.51. The van der Waals surface area contributed by atoms with Crippen molar-refractivity contribution in [3.63, 3.8) is 0 Å². The van der Waals surface area contributed by atoms with Gasteiger partial charge in [0.15, 0.2) is 0 Å². The van der Waals surface area contributed by atoms with E-state index < -0.39 is 11.4 Å². The molecule has 5 heteroatoms. The number of nitrogens with two attached hydrogens (primary N) is 1. The molecule has 0 saturated heterocycles. The smallest absolute Gasteiger partial charge is 0.245 e. The Morgan fingerprint density at radius 2 is 1.89 bits per heavy atom. The molecule has 2 atom stereocenters. The van der Waals surface area contributed by atoms with Crippen LogP contribution in [0.15, 0.2) is 24.3 Å². The highest BCUT2D eigenvalue weighted by Gasteiger charge is 2.37. The molecule has 0 aliphatic carbocycles. The summed E-state index contributed by atoms with van der Waals surface area (Å²) in [6.07, 6.45) is -0.350. The average molecular weight is 252 g/mol. The van der Waals surface area contributed by atoms with E-state index in [9.17, 15) is 4.79 Å². The van der Waals surface area contributed by atoms with Gasteiger partial charge in [-0.1, -0.05) is 0 Å². The second-order valence-electron chi connectivity index (χ2n) is 4.30. The lowest BCUT2D eigenvalue weighted by atomic mass is 9.94. The molecule has 5 nitrogen and oxygen atoms in total. The van der Waals surface area contributed by atoms with Crippen molar-refractivity contribution in [2.75, 3.05) is 19.5 Å². The van der Waals surface area contributed by atoms with Gasteiger partial charge in [-0.3, -0.25) is 4.79 Å². The lowest BCUT2D eigenvalue weighted by Crippen LogP contribution is -2.56. The molecule has 0 aliphatic rings. The van der Waals surface area contributed by atoms with Crippen molar-refractivity contribution in [1.29, 1.82) is 0 Å². The second-order valence-corrected chi connectivity index (χ2v) is 4.30. The van der Waals surface area contributed by atoms with Crippen LogP contribution in [0.4, 0.5) is 5.69 Å². The summed E-state index contributed by atoms with van der Waals surface area (Å²) in [4.78, 5) is 11.6. The standard InChI is InChI=1S/C13H20N2O3/c1-9(17-3)13(2,12(14)16)15-10-5-7-11(18-4)8-6-10/h5-9,15H,1-4H3,(H2,14,16). The molecule has 2 unspecified atom stereocenters. The van der Waals surface area contributed by atoms with Gasteiger partial charge in [0, 0.05) is 12.8 Å². The van der Waals surface area contributed by atoms with E-state index in [1.165, 1.54) is 0 Å². The summed E-state index contributed by atoms with van der Waals surface area (Å²) >= 11 is 0. The minimum atomic E-state index is -0.969. The maximum Gasteiger partial charge on any atom is 0.245 e. The molecule has 1 aromatic rings. The van der Waals surface area contributed by atoms with Crippen molar-refractivity contribution in [1.82, 2.24) is 0 Å². The highest BCUT2D eigenvalue weighted by molar-refractivity contribution is 5.88. The first-order valence-electron chi connectivity index (χ1n) is 5.69. The van der Waals surface area contributed by atoms with Crippen LogP contribution in [0.5, 0.6) is 5.75 Å². The van der Waals surface area contributed by atoms with E-state index in [4.69, 9.17) is 15.2 Å². The molecule has 0 spiro atoms. The lowest BCUT2D eigenvalue weighted by molar-refractivity contribution is -0.125. The Labute approximate surface area is 107 Å². The van der Waals surface area contributed by atoms with Crippen molar-refractivity contribution in [2.24, 2.45) is 5.73 Å². The van der Waals surface area contributed by atoms with Gasteiger partial charge in [0.25, 0.3) is 0 Å². The normalized spacial score (nSPS) is 15.6. The summed E-state index contributed by atoms with van der Waals surface area (Å²) in [5.41, 5.74) is 5.26. The molecule has 0 bridgehead atoms. The van der Waals surface area contributed by atoms with Crippen molar-refractivity contribution in [3.05, 3.63) is 24.3 Å². The zero-order valence-corrected chi connectivity index (χ0v) is 11.2. The molecular weight excluding hydrogens is 232 g/mol. The topological polar surface area (TPSA) is 73.6 Å². The molecule has 0 aromatic heterocycles. The molecule has 3 N–H and O–H groups in total. The van der Waals surface area contributed by atoms with E-state index in [0.717, 1.165) is 11.4 Å². The molecule has 0 radical (unpaired) electrons. The molecule has 0 aliphatic heterocycles. The zero-order valence-electron chi connectivity index (χ0n) is 11.2. The number of amides is 1. The van der Waals surface area contributed by atoms with Crippen LogP contribution in [0, 0.1) is 0 Å². The Hall–Kier alpha value is -1.75. The van der Waals surface area contributed by atoms with Gasteiger partial charge in [0.2, 0.25) is 5.91 Å². The Kier molecular flexibility index (Phi) is 4.55. The second kappa shape index (κ2) is 5.73. The van der Waals surface area contributed by atoms with Crippen molar-refractivity contribution in [2.45, 2.75) is 25.5 Å². The minimum absolute atomic E-state index is 0.350. The third-order valence-electron chi connectivity index (χ3n) is 3.17. The van der Waals surface area contributed by atoms with Gasteiger partial charge < -0.3 is 20.5 Å². The van der Waals surface area contributed by atoms with E-state index in [2.05, 4.69) is 5.32 Å². The van der Waals surface area contributed by atoms with Crippen LogP contribution in [-0.2, 0) is 9.53 Å². The fourth-order valence-corrected chi connectivity index (χ4v) is 1.57. The van der Waals surface area contributed by atoms with Crippen LogP contribution in [0.25, 0.3) is 0 Å².